The Bertz CT molecular complexity index is 818. The lowest BCUT2D eigenvalue weighted by Gasteiger charge is -2.12. The molecule has 0 saturated heterocycles. The van der Waals surface area contributed by atoms with Gasteiger partial charge < -0.3 is 10.4 Å². The van der Waals surface area contributed by atoms with Crippen molar-refractivity contribution in [2.45, 2.75) is 31.3 Å². The van der Waals surface area contributed by atoms with E-state index in [1.54, 1.807) is 38.1 Å². The Balaban J connectivity index is 1.92. The zero-order valence-corrected chi connectivity index (χ0v) is 15.7. The van der Waals surface area contributed by atoms with E-state index in [-0.39, 0.29) is 29.7 Å². The fourth-order valence-corrected chi connectivity index (χ4v) is 3.31. The minimum Gasteiger partial charge on any atom is -0.388 e. The normalized spacial score (nSPS) is 12.8. The third kappa shape index (κ3) is 5.66. The maximum atomic E-state index is 12.3. The average molecular weight is 376 g/mol. The average Bonchev–Trinajstić information content (AvgIpc) is 2.62. The van der Waals surface area contributed by atoms with Crippen LogP contribution in [0, 0.1) is 5.92 Å². The van der Waals surface area contributed by atoms with Crippen LogP contribution in [-0.4, -0.2) is 26.0 Å². The summed E-state index contributed by atoms with van der Waals surface area (Å²) in [5.41, 5.74) is 1.29. The Labute approximate surface area is 154 Å². The number of sulfonamides is 1. The van der Waals surface area contributed by atoms with E-state index < -0.39 is 16.1 Å². The summed E-state index contributed by atoms with van der Waals surface area (Å²) < 4.78 is 27.1. The molecule has 3 N–H and O–H groups in total. The van der Waals surface area contributed by atoms with Gasteiger partial charge in [-0.15, -0.1) is 0 Å². The second-order valence-corrected chi connectivity index (χ2v) is 8.05. The fourth-order valence-electron chi connectivity index (χ4n) is 2.26. The van der Waals surface area contributed by atoms with Crippen molar-refractivity contribution in [3.63, 3.8) is 0 Å². The van der Waals surface area contributed by atoms with E-state index in [4.69, 9.17) is 0 Å². The molecule has 0 spiro atoms. The van der Waals surface area contributed by atoms with Crippen molar-refractivity contribution in [2.24, 2.45) is 5.92 Å². The first kappa shape index (κ1) is 20.1. The van der Waals surface area contributed by atoms with E-state index in [1.807, 2.05) is 18.2 Å². The highest BCUT2D eigenvalue weighted by Gasteiger charge is 2.15. The van der Waals surface area contributed by atoms with Gasteiger partial charge in [-0.05, 0) is 36.2 Å². The third-order valence-electron chi connectivity index (χ3n) is 3.85. The van der Waals surface area contributed by atoms with Crippen LogP contribution in [0.4, 0.5) is 5.69 Å². The highest BCUT2D eigenvalue weighted by atomic mass is 32.2. The van der Waals surface area contributed by atoms with E-state index in [2.05, 4.69) is 10.0 Å². The maximum absolute atomic E-state index is 12.3. The molecular formula is C19H24N2O4S. The molecule has 0 aromatic heterocycles. The number of amides is 1. The number of benzene rings is 2. The number of hydrogen-bond donors (Lipinski definition) is 3. The molecule has 26 heavy (non-hydrogen) atoms. The predicted molar refractivity (Wildman–Crippen MR) is 101 cm³/mol. The molecule has 1 unspecified atom stereocenters. The molecule has 0 bridgehead atoms. The van der Waals surface area contributed by atoms with Crippen molar-refractivity contribution in [1.82, 2.24) is 4.72 Å². The number of aliphatic hydroxyl groups excluding tert-OH is 1. The quantitative estimate of drug-likeness (QED) is 0.660. The zero-order valence-electron chi connectivity index (χ0n) is 14.8. The van der Waals surface area contributed by atoms with Crippen LogP contribution in [0.25, 0.3) is 0 Å². The lowest BCUT2D eigenvalue weighted by atomic mass is 10.1. The predicted octanol–water partition coefficient (Wildman–Crippen LogP) is 2.68. The third-order valence-corrected chi connectivity index (χ3v) is 5.33. The summed E-state index contributed by atoms with van der Waals surface area (Å²) in [5, 5.41) is 12.8. The van der Waals surface area contributed by atoms with Crippen LogP contribution in [-0.2, 0) is 14.8 Å². The topological polar surface area (TPSA) is 95.5 Å². The molecule has 2 aromatic rings. The lowest BCUT2D eigenvalue weighted by Crippen LogP contribution is -2.26. The first-order valence-corrected chi connectivity index (χ1v) is 9.91. The molecule has 2 aromatic carbocycles. The van der Waals surface area contributed by atoms with Gasteiger partial charge in [-0.2, -0.15) is 0 Å². The fraction of sp³-hybridized carbons (Fsp3) is 0.316. The molecule has 0 aliphatic carbocycles. The summed E-state index contributed by atoms with van der Waals surface area (Å²) in [6.45, 7) is 3.67. The molecule has 1 amide bonds. The van der Waals surface area contributed by atoms with Crippen molar-refractivity contribution in [3.05, 3.63) is 60.2 Å². The van der Waals surface area contributed by atoms with Crippen LogP contribution in [0.3, 0.4) is 0 Å². The Kier molecular flexibility index (Phi) is 6.90. The molecule has 0 heterocycles. The number of aliphatic hydroxyl groups is 1. The van der Waals surface area contributed by atoms with Crippen LogP contribution < -0.4 is 10.0 Å². The van der Waals surface area contributed by atoms with E-state index in [0.717, 1.165) is 5.56 Å². The van der Waals surface area contributed by atoms with Crippen molar-refractivity contribution in [2.75, 3.05) is 11.9 Å². The molecule has 0 saturated carbocycles. The van der Waals surface area contributed by atoms with Gasteiger partial charge in [-0.3, -0.25) is 4.79 Å². The molecule has 2 rings (SSSR count). The first-order valence-electron chi connectivity index (χ1n) is 8.43. The van der Waals surface area contributed by atoms with Gasteiger partial charge in [-0.1, -0.05) is 44.2 Å². The number of carbonyl (C=O) groups is 1. The molecular weight excluding hydrogens is 352 g/mol. The van der Waals surface area contributed by atoms with Gasteiger partial charge in [0, 0.05) is 18.2 Å². The monoisotopic (exact) mass is 376 g/mol. The largest absolute Gasteiger partial charge is 0.388 e. The van der Waals surface area contributed by atoms with E-state index in [9.17, 15) is 18.3 Å². The molecule has 0 aliphatic rings. The summed E-state index contributed by atoms with van der Waals surface area (Å²) in [6, 6.07) is 15.1. The second kappa shape index (κ2) is 8.93. The maximum Gasteiger partial charge on any atom is 0.240 e. The molecule has 0 aliphatic heterocycles. The van der Waals surface area contributed by atoms with Crippen molar-refractivity contribution in [1.29, 1.82) is 0 Å². The summed E-state index contributed by atoms with van der Waals surface area (Å²) >= 11 is 0. The van der Waals surface area contributed by atoms with Crippen LogP contribution in [0.5, 0.6) is 0 Å². The smallest absolute Gasteiger partial charge is 0.240 e. The molecule has 140 valence electrons. The lowest BCUT2D eigenvalue weighted by molar-refractivity contribution is -0.118. The number of hydrogen-bond acceptors (Lipinski definition) is 4. The molecule has 0 radical (unpaired) electrons. The molecule has 1 atom stereocenters. The summed E-state index contributed by atoms with van der Waals surface area (Å²) in [4.78, 5) is 11.8. The Hall–Kier alpha value is -2.22. The van der Waals surface area contributed by atoms with Crippen LogP contribution in [0.15, 0.2) is 59.5 Å². The number of rotatable bonds is 8. The van der Waals surface area contributed by atoms with Crippen molar-refractivity contribution in [3.8, 4) is 0 Å². The van der Waals surface area contributed by atoms with E-state index >= 15 is 0 Å². The SMILES string of the molecule is CC(C)C(=O)Nc1ccc(S(=O)(=O)NCCC(O)c2ccccc2)cc1. The summed E-state index contributed by atoms with van der Waals surface area (Å²) in [6.07, 6.45) is -0.460. The number of nitrogens with one attached hydrogen (secondary N) is 2. The first-order chi connectivity index (χ1) is 12.3. The van der Waals surface area contributed by atoms with Crippen LogP contribution in [0.2, 0.25) is 0 Å². The van der Waals surface area contributed by atoms with Crippen LogP contribution in [0.1, 0.15) is 31.9 Å². The van der Waals surface area contributed by atoms with Crippen molar-refractivity contribution >= 4 is 21.6 Å². The summed E-state index contributed by atoms with van der Waals surface area (Å²) in [7, 11) is -3.67. The van der Waals surface area contributed by atoms with Gasteiger partial charge >= 0.3 is 0 Å². The Morgan fingerprint density at radius 1 is 1.04 bits per heavy atom. The summed E-state index contributed by atoms with van der Waals surface area (Å²) in [5.74, 6) is -0.287. The zero-order chi connectivity index (χ0) is 19.2. The minimum atomic E-state index is -3.67. The number of anilines is 1. The van der Waals surface area contributed by atoms with Gasteiger partial charge in [-0.25, -0.2) is 13.1 Å². The number of carbonyl (C=O) groups excluding carboxylic acids is 1. The van der Waals surface area contributed by atoms with Crippen molar-refractivity contribution < 1.29 is 18.3 Å². The molecule has 7 heteroatoms. The van der Waals surface area contributed by atoms with Gasteiger partial charge in [0.15, 0.2) is 0 Å². The molecule has 6 nitrogen and oxygen atoms in total. The van der Waals surface area contributed by atoms with E-state index in [0.29, 0.717) is 5.69 Å². The highest BCUT2D eigenvalue weighted by molar-refractivity contribution is 7.89. The van der Waals surface area contributed by atoms with Gasteiger partial charge in [0.05, 0.1) is 11.0 Å². The Morgan fingerprint density at radius 2 is 1.65 bits per heavy atom. The highest BCUT2D eigenvalue weighted by Crippen LogP contribution is 2.17. The second-order valence-electron chi connectivity index (χ2n) is 6.28. The standard InChI is InChI=1S/C19H24N2O4S/c1-14(2)19(23)21-16-8-10-17(11-9-16)26(24,25)20-13-12-18(22)15-6-4-3-5-7-15/h3-11,14,18,20,22H,12-13H2,1-2H3,(H,21,23). The Morgan fingerprint density at radius 3 is 2.23 bits per heavy atom. The van der Waals surface area contributed by atoms with Crippen LogP contribution >= 0.6 is 0 Å². The van der Waals surface area contributed by atoms with Gasteiger partial charge in [0.1, 0.15) is 0 Å². The van der Waals surface area contributed by atoms with E-state index in [1.165, 1.54) is 12.1 Å². The minimum absolute atomic E-state index is 0.106. The molecule has 0 fully saturated rings. The van der Waals surface area contributed by atoms with Gasteiger partial charge in [0.25, 0.3) is 0 Å². The van der Waals surface area contributed by atoms with Gasteiger partial charge in [0.2, 0.25) is 15.9 Å².